The van der Waals surface area contributed by atoms with E-state index in [0.29, 0.717) is 18.7 Å². The number of aryl methyl sites for hydroxylation is 1. The van der Waals surface area contributed by atoms with Crippen molar-refractivity contribution in [2.24, 2.45) is 5.92 Å². The van der Waals surface area contributed by atoms with Crippen molar-refractivity contribution in [3.63, 3.8) is 0 Å². The van der Waals surface area contributed by atoms with Gasteiger partial charge in [0.25, 0.3) is 0 Å². The van der Waals surface area contributed by atoms with E-state index in [2.05, 4.69) is 16.2 Å². The first kappa shape index (κ1) is 19.8. The van der Waals surface area contributed by atoms with Crippen LogP contribution in [0.1, 0.15) is 28.7 Å². The average molecular weight is 376 g/mol. The Hall–Kier alpha value is -1.54. The van der Waals surface area contributed by atoms with Gasteiger partial charge in [0.2, 0.25) is 0 Å². The first-order chi connectivity index (χ1) is 11.4. The largest absolute Gasteiger partial charge is 0.465 e. The number of benzene rings is 1. The summed E-state index contributed by atoms with van der Waals surface area (Å²) in [4.78, 5) is 0. The minimum atomic E-state index is -4.31. The van der Waals surface area contributed by atoms with Crippen LogP contribution >= 0.6 is 12.4 Å². The summed E-state index contributed by atoms with van der Waals surface area (Å²) in [6.45, 7) is 3.72. The van der Waals surface area contributed by atoms with Crippen LogP contribution in [-0.4, -0.2) is 13.1 Å². The van der Waals surface area contributed by atoms with E-state index in [4.69, 9.17) is 4.42 Å². The van der Waals surface area contributed by atoms with E-state index >= 15 is 0 Å². The van der Waals surface area contributed by atoms with Gasteiger partial charge in [0.05, 0.1) is 11.6 Å². The zero-order valence-corrected chi connectivity index (χ0v) is 14.5. The fourth-order valence-electron chi connectivity index (χ4n) is 2.91. The molecular formula is C17H21ClF3N3O. The molecule has 2 heterocycles. The highest BCUT2D eigenvalue weighted by Crippen LogP contribution is 2.29. The van der Waals surface area contributed by atoms with Gasteiger partial charge in [-0.2, -0.15) is 13.2 Å². The first-order valence-corrected chi connectivity index (χ1v) is 7.85. The smallest absolute Gasteiger partial charge is 0.416 e. The SMILES string of the molecule is Cc1ccc(C2NNCC2CNCc2cccc(C(F)(F)F)c2)o1.Cl. The minimum Gasteiger partial charge on any atom is -0.465 e. The van der Waals surface area contributed by atoms with E-state index in [0.717, 1.165) is 24.1 Å². The molecule has 4 nitrogen and oxygen atoms in total. The van der Waals surface area contributed by atoms with Crippen molar-refractivity contribution < 1.29 is 17.6 Å². The Bertz CT molecular complexity index is 690. The first-order valence-electron chi connectivity index (χ1n) is 7.85. The van der Waals surface area contributed by atoms with Gasteiger partial charge in [0.15, 0.2) is 0 Å². The average Bonchev–Trinajstić information content (AvgIpc) is 3.15. The Morgan fingerprint density at radius 1 is 1.24 bits per heavy atom. The standard InChI is InChI=1S/C17H20F3N3O.ClH/c1-11-5-6-15(24-11)16-13(10-22-23-16)9-21-8-12-3-2-4-14(7-12)17(18,19)20;/h2-7,13,16,21-23H,8-10H2,1H3;1H. The Balaban J connectivity index is 0.00000225. The third-order valence-corrected chi connectivity index (χ3v) is 4.15. The molecule has 3 N–H and O–H groups in total. The van der Waals surface area contributed by atoms with Crippen LogP contribution in [0.5, 0.6) is 0 Å². The summed E-state index contributed by atoms with van der Waals surface area (Å²) in [6.07, 6.45) is -4.31. The van der Waals surface area contributed by atoms with Crippen LogP contribution in [0.15, 0.2) is 40.8 Å². The highest BCUT2D eigenvalue weighted by molar-refractivity contribution is 5.85. The van der Waals surface area contributed by atoms with E-state index in [-0.39, 0.29) is 24.4 Å². The zero-order valence-electron chi connectivity index (χ0n) is 13.7. The van der Waals surface area contributed by atoms with Gasteiger partial charge < -0.3 is 9.73 Å². The lowest BCUT2D eigenvalue weighted by Gasteiger charge is -2.17. The maximum Gasteiger partial charge on any atom is 0.416 e. The minimum absolute atomic E-state index is 0. The van der Waals surface area contributed by atoms with Gasteiger partial charge in [-0.1, -0.05) is 18.2 Å². The normalized spacial score (nSPS) is 20.5. The molecule has 1 aliphatic rings. The molecule has 0 saturated carbocycles. The monoisotopic (exact) mass is 375 g/mol. The molecule has 138 valence electrons. The molecule has 2 atom stereocenters. The molecule has 2 unspecified atom stereocenters. The maximum absolute atomic E-state index is 12.7. The van der Waals surface area contributed by atoms with Gasteiger partial charge in [-0.3, -0.25) is 5.43 Å². The van der Waals surface area contributed by atoms with E-state index in [1.165, 1.54) is 12.1 Å². The lowest BCUT2D eigenvalue weighted by atomic mass is 10.00. The molecule has 0 bridgehead atoms. The molecule has 2 aromatic rings. The summed E-state index contributed by atoms with van der Waals surface area (Å²) in [6, 6.07) is 9.32. The number of hydrogen-bond acceptors (Lipinski definition) is 4. The van der Waals surface area contributed by atoms with Crippen molar-refractivity contribution >= 4 is 12.4 Å². The van der Waals surface area contributed by atoms with Crippen LogP contribution in [0.4, 0.5) is 13.2 Å². The molecule has 1 aliphatic heterocycles. The summed E-state index contributed by atoms with van der Waals surface area (Å²) >= 11 is 0. The van der Waals surface area contributed by atoms with E-state index < -0.39 is 11.7 Å². The molecule has 0 radical (unpaired) electrons. The number of nitrogens with one attached hydrogen (secondary N) is 3. The third-order valence-electron chi connectivity index (χ3n) is 4.15. The second-order valence-corrected chi connectivity index (χ2v) is 6.04. The number of hydrazine groups is 1. The summed E-state index contributed by atoms with van der Waals surface area (Å²) in [5, 5.41) is 3.24. The Morgan fingerprint density at radius 2 is 2.04 bits per heavy atom. The summed E-state index contributed by atoms with van der Waals surface area (Å²) < 4.78 is 43.8. The molecule has 25 heavy (non-hydrogen) atoms. The summed E-state index contributed by atoms with van der Waals surface area (Å²) in [7, 11) is 0. The number of furan rings is 1. The second kappa shape index (κ2) is 8.23. The molecule has 1 aromatic carbocycles. The lowest BCUT2D eigenvalue weighted by Crippen LogP contribution is -2.28. The van der Waals surface area contributed by atoms with Gasteiger partial charge in [-0.25, -0.2) is 5.43 Å². The van der Waals surface area contributed by atoms with Crippen molar-refractivity contribution in [1.82, 2.24) is 16.2 Å². The van der Waals surface area contributed by atoms with E-state index in [9.17, 15) is 13.2 Å². The predicted molar refractivity (Wildman–Crippen MR) is 91.2 cm³/mol. The van der Waals surface area contributed by atoms with Gasteiger partial charge in [0, 0.05) is 25.6 Å². The predicted octanol–water partition coefficient (Wildman–Crippen LogP) is 3.58. The molecule has 0 amide bonds. The third kappa shape index (κ3) is 4.98. The van der Waals surface area contributed by atoms with Gasteiger partial charge in [0.1, 0.15) is 11.5 Å². The van der Waals surface area contributed by atoms with Gasteiger partial charge >= 0.3 is 6.18 Å². The Labute approximate surface area is 150 Å². The quantitative estimate of drug-likeness (QED) is 0.747. The van der Waals surface area contributed by atoms with Crippen LogP contribution in [-0.2, 0) is 12.7 Å². The molecular weight excluding hydrogens is 355 g/mol. The highest BCUT2D eigenvalue weighted by Gasteiger charge is 2.31. The van der Waals surface area contributed by atoms with Crippen LogP contribution < -0.4 is 16.2 Å². The van der Waals surface area contributed by atoms with Crippen molar-refractivity contribution in [3.05, 3.63) is 59.0 Å². The second-order valence-electron chi connectivity index (χ2n) is 6.04. The number of hydrogen-bond donors (Lipinski definition) is 3. The fourth-order valence-corrected chi connectivity index (χ4v) is 2.91. The molecule has 1 saturated heterocycles. The number of halogens is 4. The summed E-state index contributed by atoms with van der Waals surface area (Å²) in [5.41, 5.74) is 6.29. The molecule has 3 rings (SSSR count). The van der Waals surface area contributed by atoms with Crippen molar-refractivity contribution in [1.29, 1.82) is 0 Å². The maximum atomic E-state index is 12.7. The van der Waals surface area contributed by atoms with Crippen LogP contribution in [0.3, 0.4) is 0 Å². The number of alkyl halides is 3. The lowest BCUT2D eigenvalue weighted by molar-refractivity contribution is -0.137. The van der Waals surface area contributed by atoms with E-state index in [1.807, 2.05) is 19.1 Å². The van der Waals surface area contributed by atoms with Crippen LogP contribution in [0.2, 0.25) is 0 Å². The van der Waals surface area contributed by atoms with Crippen LogP contribution in [0.25, 0.3) is 0 Å². The van der Waals surface area contributed by atoms with Gasteiger partial charge in [-0.05, 0) is 30.7 Å². The fraction of sp³-hybridized carbons (Fsp3) is 0.412. The number of rotatable bonds is 5. The molecule has 1 aromatic heterocycles. The van der Waals surface area contributed by atoms with Gasteiger partial charge in [-0.15, -0.1) is 12.4 Å². The topological polar surface area (TPSA) is 49.2 Å². The molecule has 1 fully saturated rings. The Morgan fingerprint density at radius 3 is 2.72 bits per heavy atom. The van der Waals surface area contributed by atoms with Crippen molar-refractivity contribution in [2.45, 2.75) is 25.7 Å². The van der Waals surface area contributed by atoms with Crippen molar-refractivity contribution in [2.75, 3.05) is 13.1 Å². The van der Waals surface area contributed by atoms with Crippen LogP contribution in [0, 0.1) is 12.8 Å². The molecule has 0 aliphatic carbocycles. The van der Waals surface area contributed by atoms with Crippen molar-refractivity contribution in [3.8, 4) is 0 Å². The Kier molecular flexibility index (Phi) is 6.51. The molecule has 0 spiro atoms. The highest BCUT2D eigenvalue weighted by atomic mass is 35.5. The van der Waals surface area contributed by atoms with E-state index in [1.54, 1.807) is 6.07 Å². The zero-order chi connectivity index (χ0) is 17.2. The summed E-state index contributed by atoms with van der Waals surface area (Å²) in [5.74, 6) is 1.97. The molecule has 8 heteroatoms.